The summed E-state index contributed by atoms with van der Waals surface area (Å²) in [5, 5.41) is 8.68. The van der Waals surface area contributed by atoms with Crippen molar-refractivity contribution in [2.75, 3.05) is 12.4 Å². The van der Waals surface area contributed by atoms with Gasteiger partial charge in [-0.2, -0.15) is 0 Å². The molecule has 0 spiro atoms. The Kier molecular flexibility index (Phi) is 5.58. The van der Waals surface area contributed by atoms with E-state index in [0.717, 1.165) is 18.5 Å². The van der Waals surface area contributed by atoms with Crippen LogP contribution in [0.1, 0.15) is 45.3 Å². The molecule has 1 aromatic rings. The SMILES string of the molecule is CCC(CC)C(=O)Nc1nc(C(C)NC)cs1. The van der Waals surface area contributed by atoms with Crippen molar-refractivity contribution >= 4 is 22.4 Å². The van der Waals surface area contributed by atoms with Gasteiger partial charge in [-0.05, 0) is 26.8 Å². The average Bonchev–Trinajstić information content (AvgIpc) is 2.78. The zero-order valence-electron chi connectivity index (χ0n) is 10.9. The largest absolute Gasteiger partial charge is 0.312 e. The minimum absolute atomic E-state index is 0.0769. The van der Waals surface area contributed by atoms with Crippen molar-refractivity contribution in [2.24, 2.45) is 5.92 Å². The predicted octanol–water partition coefficient (Wildman–Crippen LogP) is 2.80. The lowest BCUT2D eigenvalue weighted by atomic mass is 10.0. The van der Waals surface area contributed by atoms with Crippen LogP contribution in [0, 0.1) is 5.92 Å². The van der Waals surface area contributed by atoms with Crippen LogP contribution in [0.5, 0.6) is 0 Å². The third-order valence-corrected chi connectivity index (χ3v) is 3.76. The van der Waals surface area contributed by atoms with Gasteiger partial charge >= 0.3 is 0 Å². The standard InChI is InChI=1S/C12H21N3OS/c1-5-9(6-2)11(16)15-12-14-10(7-17-12)8(3)13-4/h7-9,13H,5-6H2,1-4H3,(H,14,15,16). The fourth-order valence-electron chi connectivity index (χ4n) is 1.56. The molecule has 0 fully saturated rings. The first-order chi connectivity index (χ1) is 8.12. The summed E-state index contributed by atoms with van der Waals surface area (Å²) in [6.45, 7) is 6.11. The maximum atomic E-state index is 11.9. The number of carbonyl (C=O) groups is 1. The minimum atomic E-state index is 0.0769. The van der Waals surface area contributed by atoms with Gasteiger partial charge in [0.2, 0.25) is 5.91 Å². The summed E-state index contributed by atoms with van der Waals surface area (Å²) in [7, 11) is 1.90. The summed E-state index contributed by atoms with van der Waals surface area (Å²) in [5.41, 5.74) is 0.970. The first-order valence-corrected chi connectivity index (χ1v) is 6.93. The fraction of sp³-hybridized carbons (Fsp3) is 0.667. The highest BCUT2D eigenvalue weighted by atomic mass is 32.1. The molecule has 17 heavy (non-hydrogen) atoms. The smallest absolute Gasteiger partial charge is 0.229 e. The van der Waals surface area contributed by atoms with Gasteiger partial charge in [-0.1, -0.05) is 13.8 Å². The molecular formula is C12H21N3OS. The molecule has 0 saturated carbocycles. The lowest BCUT2D eigenvalue weighted by molar-refractivity contribution is -0.120. The van der Waals surface area contributed by atoms with Crippen LogP contribution in [0.3, 0.4) is 0 Å². The van der Waals surface area contributed by atoms with Crippen molar-refractivity contribution in [1.29, 1.82) is 0 Å². The number of nitrogens with one attached hydrogen (secondary N) is 2. The maximum Gasteiger partial charge on any atom is 0.229 e. The topological polar surface area (TPSA) is 54.0 Å². The van der Waals surface area contributed by atoms with E-state index < -0.39 is 0 Å². The van der Waals surface area contributed by atoms with E-state index in [1.54, 1.807) is 0 Å². The van der Waals surface area contributed by atoms with Crippen LogP contribution in [0.15, 0.2) is 5.38 Å². The van der Waals surface area contributed by atoms with Gasteiger partial charge in [0.15, 0.2) is 5.13 Å². The Morgan fingerprint density at radius 3 is 2.65 bits per heavy atom. The molecule has 1 atom stereocenters. The van der Waals surface area contributed by atoms with Crippen LogP contribution >= 0.6 is 11.3 Å². The Balaban J connectivity index is 2.63. The maximum absolute atomic E-state index is 11.9. The molecule has 0 aliphatic heterocycles. The zero-order valence-corrected chi connectivity index (χ0v) is 11.7. The molecule has 1 rings (SSSR count). The lowest BCUT2D eigenvalue weighted by Crippen LogP contribution is -2.21. The van der Waals surface area contributed by atoms with E-state index in [1.165, 1.54) is 11.3 Å². The number of hydrogen-bond donors (Lipinski definition) is 2. The lowest BCUT2D eigenvalue weighted by Gasteiger charge is -2.10. The Morgan fingerprint density at radius 1 is 1.47 bits per heavy atom. The number of hydrogen-bond acceptors (Lipinski definition) is 4. The molecule has 0 aliphatic carbocycles. The van der Waals surface area contributed by atoms with Crippen molar-refractivity contribution in [3.63, 3.8) is 0 Å². The van der Waals surface area contributed by atoms with Crippen LogP contribution in [0.2, 0.25) is 0 Å². The minimum Gasteiger partial charge on any atom is -0.312 e. The van der Waals surface area contributed by atoms with Gasteiger partial charge in [-0.15, -0.1) is 11.3 Å². The van der Waals surface area contributed by atoms with Crippen LogP contribution < -0.4 is 10.6 Å². The van der Waals surface area contributed by atoms with E-state index in [1.807, 2.05) is 33.2 Å². The number of amides is 1. The van der Waals surface area contributed by atoms with E-state index >= 15 is 0 Å². The monoisotopic (exact) mass is 255 g/mol. The first-order valence-electron chi connectivity index (χ1n) is 6.05. The summed E-state index contributed by atoms with van der Waals surface area (Å²) < 4.78 is 0. The highest BCUT2D eigenvalue weighted by molar-refractivity contribution is 7.13. The van der Waals surface area contributed by atoms with Crippen molar-refractivity contribution in [1.82, 2.24) is 10.3 Å². The zero-order chi connectivity index (χ0) is 12.8. The molecular weight excluding hydrogens is 234 g/mol. The van der Waals surface area contributed by atoms with E-state index in [4.69, 9.17) is 0 Å². The molecule has 5 heteroatoms. The second-order valence-electron chi connectivity index (χ2n) is 4.09. The third-order valence-electron chi connectivity index (χ3n) is 2.99. The Labute approximate surface area is 107 Å². The average molecular weight is 255 g/mol. The van der Waals surface area contributed by atoms with Crippen LogP contribution in [-0.2, 0) is 4.79 Å². The number of carbonyl (C=O) groups excluding carboxylic acids is 1. The molecule has 0 aromatic carbocycles. The Hall–Kier alpha value is -0.940. The van der Waals surface area contributed by atoms with Gasteiger partial charge in [-0.3, -0.25) is 4.79 Å². The number of nitrogens with zero attached hydrogens (tertiary/aromatic N) is 1. The van der Waals surface area contributed by atoms with Gasteiger partial charge < -0.3 is 10.6 Å². The Bertz CT molecular complexity index is 360. The summed E-state index contributed by atoms with van der Waals surface area (Å²) in [5.74, 6) is 0.164. The molecule has 96 valence electrons. The van der Waals surface area contributed by atoms with Crippen molar-refractivity contribution in [3.8, 4) is 0 Å². The van der Waals surface area contributed by atoms with Crippen molar-refractivity contribution < 1.29 is 4.79 Å². The van der Waals surface area contributed by atoms with Gasteiger partial charge in [0.25, 0.3) is 0 Å². The second kappa shape index (κ2) is 6.71. The van der Waals surface area contributed by atoms with E-state index in [0.29, 0.717) is 5.13 Å². The molecule has 4 nitrogen and oxygen atoms in total. The molecule has 0 aliphatic rings. The number of thiazole rings is 1. The summed E-state index contributed by atoms with van der Waals surface area (Å²) >= 11 is 1.48. The van der Waals surface area contributed by atoms with Crippen molar-refractivity contribution in [3.05, 3.63) is 11.1 Å². The van der Waals surface area contributed by atoms with E-state index in [9.17, 15) is 4.79 Å². The van der Waals surface area contributed by atoms with Gasteiger partial charge in [0, 0.05) is 17.3 Å². The van der Waals surface area contributed by atoms with E-state index in [2.05, 4.69) is 15.6 Å². The van der Waals surface area contributed by atoms with Crippen LogP contribution in [0.4, 0.5) is 5.13 Å². The molecule has 0 saturated heterocycles. The summed E-state index contributed by atoms with van der Waals surface area (Å²) in [4.78, 5) is 16.3. The number of rotatable bonds is 6. The first kappa shape index (κ1) is 14.1. The Morgan fingerprint density at radius 2 is 2.12 bits per heavy atom. The van der Waals surface area contributed by atoms with Crippen molar-refractivity contribution in [2.45, 2.75) is 39.7 Å². The highest BCUT2D eigenvalue weighted by Gasteiger charge is 2.16. The van der Waals surface area contributed by atoms with Crippen LogP contribution in [-0.4, -0.2) is 17.9 Å². The fourth-order valence-corrected chi connectivity index (χ4v) is 2.36. The number of aromatic nitrogens is 1. The molecule has 1 unspecified atom stereocenters. The molecule has 0 bridgehead atoms. The molecule has 1 aromatic heterocycles. The molecule has 0 radical (unpaired) electrons. The summed E-state index contributed by atoms with van der Waals surface area (Å²) in [6.07, 6.45) is 1.74. The third kappa shape index (κ3) is 3.78. The number of anilines is 1. The quantitative estimate of drug-likeness (QED) is 0.822. The van der Waals surface area contributed by atoms with E-state index in [-0.39, 0.29) is 17.9 Å². The van der Waals surface area contributed by atoms with Crippen LogP contribution in [0.25, 0.3) is 0 Å². The predicted molar refractivity (Wildman–Crippen MR) is 72.3 cm³/mol. The van der Waals surface area contributed by atoms with Gasteiger partial charge in [-0.25, -0.2) is 4.98 Å². The van der Waals surface area contributed by atoms with Gasteiger partial charge in [0.05, 0.1) is 5.69 Å². The van der Waals surface area contributed by atoms with Gasteiger partial charge in [0.1, 0.15) is 0 Å². The molecule has 2 N–H and O–H groups in total. The summed E-state index contributed by atoms with van der Waals surface area (Å²) in [6, 6.07) is 0.213. The molecule has 1 heterocycles. The second-order valence-corrected chi connectivity index (χ2v) is 4.95. The normalized spacial score (nSPS) is 12.8. The molecule has 1 amide bonds. The highest BCUT2D eigenvalue weighted by Crippen LogP contribution is 2.21.